The lowest BCUT2D eigenvalue weighted by Crippen LogP contribution is -2.34. The molecule has 0 amide bonds. The van der Waals surface area contributed by atoms with Crippen LogP contribution in [0.4, 0.5) is 19.0 Å². The second kappa shape index (κ2) is 5.44. The molecular weight excluding hydrogens is 311 g/mol. The highest BCUT2D eigenvalue weighted by Gasteiger charge is 2.34. The van der Waals surface area contributed by atoms with E-state index in [-0.39, 0.29) is 6.04 Å². The number of anilines is 1. The molecule has 0 radical (unpaired) electrons. The van der Waals surface area contributed by atoms with Gasteiger partial charge in [-0.2, -0.15) is 13.2 Å². The lowest BCUT2D eigenvalue weighted by atomic mass is 10.2. The highest BCUT2D eigenvalue weighted by molar-refractivity contribution is 9.10. The van der Waals surface area contributed by atoms with E-state index < -0.39 is 12.7 Å². The van der Waals surface area contributed by atoms with E-state index in [2.05, 4.69) is 26.2 Å². The fraction of sp³-hybridized carbons (Fsp3) is 0.545. The number of aromatic nitrogens is 1. The Bertz CT molecular complexity index is 394. The number of pyridine rings is 1. The fourth-order valence-corrected chi connectivity index (χ4v) is 2.25. The van der Waals surface area contributed by atoms with Crippen LogP contribution in [-0.2, 0) is 0 Å². The molecule has 100 valence electrons. The van der Waals surface area contributed by atoms with E-state index in [0.29, 0.717) is 25.3 Å². The summed E-state index contributed by atoms with van der Waals surface area (Å²) in [6.45, 7) is 0.0317. The molecule has 2 heterocycles. The van der Waals surface area contributed by atoms with Crippen LogP contribution < -0.4 is 5.32 Å². The highest BCUT2D eigenvalue weighted by atomic mass is 79.9. The monoisotopic (exact) mass is 323 g/mol. The molecule has 0 spiro atoms. The molecule has 1 atom stereocenters. The van der Waals surface area contributed by atoms with Gasteiger partial charge in [-0.1, -0.05) is 0 Å². The zero-order valence-corrected chi connectivity index (χ0v) is 11.1. The van der Waals surface area contributed by atoms with Crippen LogP contribution in [0.3, 0.4) is 0 Å². The lowest BCUT2D eigenvalue weighted by Gasteiger charge is -2.18. The maximum atomic E-state index is 12.2. The molecular formula is C11H13BrF3N3. The SMILES string of the molecule is FC(F)(F)CN1CCC(Nc2ccc(Br)cn2)C1. The maximum absolute atomic E-state index is 12.2. The van der Waals surface area contributed by atoms with Crippen molar-refractivity contribution in [1.82, 2.24) is 9.88 Å². The van der Waals surface area contributed by atoms with Crippen LogP contribution in [0.25, 0.3) is 0 Å². The van der Waals surface area contributed by atoms with Gasteiger partial charge in [-0.3, -0.25) is 4.90 Å². The van der Waals surface area contributed by atoms with Crippen LogP contribution in [0, 0.1) is 0 Å². The van der Waals surface area contributed by atoms with E-state index in [4.69, 9.17) is 0 Å². The highest BCUT2D eigenvalue weighted by Crippen LogP contribution is 2.21. The second-order valence-corrected chi connectivity index (χ2v) is 5.26. The van der Waals surface area contributed by atoms with Crippen LogP contribution >= 0.6 is 15.9 Å². The summed E-state index contributed by atoms with van der Waals surface area (Å²) in [6, 6.07) is 3.68. The molecule has 1 aliphatic heterocycles. The van der Waals surface area contributed by atoms with Crippen molar-refractivity contribution in [3.63, 3.8) is 0 Å². The Morgan fingerprint density at radius 1 is 1.44 bits per heavy atom. The van der Waals surface area contributed by atoms with Crippen molar-refractivity contribution < 1.29 is 13.2 Å². The third-order valence-corrected chi connectivity index (χ3v) is 3.22. The Kier molecular flexibility index (Phi) is 4.11. The van der Waals surface area contributed by atoms with Crippen LogP contribution in [0.1, 0.15) is 6.42 Å². The van der Waals surface area contributed by atoms with E-state index in [1.807, 2.05) is 6.07 Å². The standard InChI is InChI=1S/C11H13BrF3N3/c12-8-1-2-10(16-5-8)17-9-3-4-18(6-9)7-11(13,14)15/h1-2,5,9H,3-4,6-7H2,(H,16,17). The molecule has 18 heavy (non-hydrogen) atoms. The molecule has 0 aromatic carbocycles. The smallest absolute Gasteiger partial charge is 0.366 e. The number of likely N-dealkylation sites (tertiary alicyclic amines) is 1. The summed E-state index contributed by atoms with van der Waals surface area (Å²) in [5, 5.41) is 3.14. The summed E-state index contributed by atoms with van der Waals surface area (Å²) < 4.78 is 37.6. The zero-order chi connectivity index (χ0) is 13.2. The zero-order valence-electron chi connectivity index (χ0n) is 9.54. The number of alkyl halides is 3. The van der Waals surface area contributed by atoms with Crippen LogP contribution in [0.5, 0.6) is 0 Å². The van der Waals surface area contributed by atoms with Gasteiger partial charge in [0.15, 0.2) is 0 Å². The Morgan fingerprint density at radius 3 is 2.83 bits per heavy atom. The molecule has 1 N–H and O–H groups in total. The minimum absolute atomic E-state index is 0.0287. The van der Waals surface area contributed by atoms with Crippen LogP contribution in [0.15, 0.2) is 22.8 Å². The predicted molar refractivity (Wildman–Crippen MR) is 66.5 cm³/mol. The molecule has 1 saturated heterocycles. The molecule has 2 rings (SSSR count). The van der Waals surface area contributed by atoms with Gasteiger partial charge in [-0.15, -0.1) is 0 Å². The number of hydrogen-bond donors (Lipinski definition) is 1. The Labute approximate surface area is 112 Å². The quantitative estimate of drug-likeness (QED) is 0.927. The first kappa shape index (κ1) is 13.6. The van der Waals surface area contributed by atoms with Gasteiger partial charge >= 0.3 is 6.18 Å². The largest absolute Gasteiger partial charge is 0.401 e. The van der Waals surface area contributed by atoms with Crippen molar-refractivity contribution in [1.29, 1.82) is 0 Å². The molecule has 1 aliphatic rings. The molecule has 0 saturated carbocycles. The topological polar surface area (TPSA) is 28.2 Å². The summed E-state index contributed by atoms with van der Waals surface area (Å²) in [5.41, 5.74) is 0. The Morgan fingerprint density at radius 2 is 2.22 bits per heavy atom. The van der Waals surface area contributed by atoms with E-state index in [0.717, 1.165) is 4.47 Å². The van der Waals surface area contributed by atoms with Gasteiger partial charge in [0.1, 0.15) is 5.82 Å². The first-order valence-corrected chi connectivity index (χ1v) is 6.39. The van der Waals surface area contributed by atoms with Gasteiger partial charge in [-0.25, -0.2) is 4.98 Å². The number of hydrogen-bond acceptors (Lipinski definition) is 3. The first-order chi connectivity index (χ1) is 8.42. The van der Waals surface area contributed by atoms with Gasteiger partial charge in [0, 0.05) is 29.8 Å². The molecule has 7 heteroatoms. The van der Waals surface area contributed by atoms with Gasteiger partial charge in [0.25, 0.3) is 0 Å². The van der Waals surface area contributed by atoms with Crippen molar-refractivity contribution in [3.8, 4) is 0 Å². The molecule has 0 aliphatic carbocycles. The molecule has 1 unspecified atom stereocenters. The van der Waals surface area contributed by atoms with Gasteiger partial charge in [0.05, 0.1) is 6.54 Å². The van der Waals surface area contributed by atoms with Gasteiger partial charge < -0.3 is 5.32 Å². The predicted octanol–water partition coefficient (Wildman–Crippen LogP) is 2.89. The minimum atomic E-state index is -4.12. The van der Waals surface area contributed by atoms with E-state index in [9.17, 15) is 13.2 Å². The lowest BCUT2D eigenvalue weighted by molar-refractivity contribution is -0.143. The van der Waals surface area contributed by atoms with Crippen molar-refractivity contribution >= 4 is 21.7 Å². The number of halogens is 4. The van der Waals surface area contributed by atoms with Gasteiger partial charge in [-0.05, 0) is 34.5 Å². The van der Waals surface area contributed by atoms with Crippen LogP contribution in [0.2, 0.25) is 0 Å². The number of rotatable bonds is 3. The molecule has 0 bridgehead atoms. The summed E-state index contributed by atoms with van der Waals surface area (Å²) in [7, 11) is 0. The van der Waals surface area contributed by atoms with Crippen LogP contribution in [-0.4, -0.2) is 41.7 Å². The van der Waals surface area contributed by atoms with E-state index in [1.165, 1.54) is 4.90 Å². The Balaban J connectivity index is 1.84. The summed E-state index contributed by atoms with van der Waals surface area (Å²) in [4.78, 5) is 5.56. The molecule has 1 fully saturated rings. The number of nitrogens with one attached hydrogen (secondary N) is 1. The number of nitrogens with zero attached hydrogens (tertiary/aromatic N) is 2. The third kappa shape index (κ3) is 4.13. The summed E-state index contributed by atoms with van der Waals surface area (Å²) in [6.07, 6.45) is -1.76. The van der Waals surface area contributed by atoms with E-state index >= 15 is 0 Å². The molecule has 1 aromatic rings. The summed E-state index contributed by atoms with van der Waals surface area (Å²) in [5.74, 6) is 0.692. The minimum Gasteiger partial charge on any atom is -0.366 e. The first-order valence-electron chi connectivity index (χ1n) is 5.59. The Hall–Kier alpha value is -0.820. The summed E-state index contributed by atoms with van der Waals surface area (Å²) >= 11 is 3.28. The van der Waals surface area contributed by atoms with Crippen molar-refractivity contribution in [2.75, 3.05) is 25.0 Å². The molecule has 1 aromatic heterocycles. The fourth-order valence-electron chi connectivity index (χ4n) is 2.02. The van der Waals surface area contributed by atoms with E-state index in [1.54, 1.807) is 12.3 Å². The van der Waals surface area contributed by atoms with Gasteiger partial charge in [0.2, 0.25) is 0 Å². The average molecular weight is 324 g/mol. The average Bonchev–Trinajstić information content (AvgIpc) is 2.66. The normalized spacial score (nSPS) is 21.2. The van der Waals surface area contributed by atoms with Crippen molar-refractivity contribution in [3.05, 3.63) is 22.8 Å². The van der Waals surface area contributed by atoms with Crippen molar-refractivity contribution in [2.45, 2.75) is 18.6 Å². The maximum Gasteiger partial charge on any atom is 0.401 e. The van der Waals surface area contributed by atoms with Crippen molar-refractivity contribution in [2.24, 2.45) is 0 Å². The molecule has 3 nitrogen and oxygen atoms in total. The third-order valence-electron chi connectivity index (χ3n) is 2.75. The second-order valence-electron chi connectivity index (χ2n) is 4.34.